The number of hydrogen-bond acceptors (Lipinski definition) is 5. The highest BCUT2D eigenvalue weighted by molar-refractivity contribution is 5.27. The minimum atomic E-state index is 0.0762. The topological polar surface area (TPSA) is 56.3 Å². The zero-order chi connectivity index (χ0) is 12.5. The third-order valence-corrected chi connectivity index (χ3v) is 1.97. The molecule has 0 amide bonds. The van der Waals surface area contributed by atoms with Gasteiger partial charge in [0.05, 0.1) is 19.3 Å². The number of nitrogens with zero attached hydrogens (tertiary/aromatic N) is 2. The van der Waals surface area contributed by atoms with Crippen molar-refractivity contribution in [1.82, 2.24) is 9.97 Å². The molecule has 1 heterocycles. The molecule has 1 atom stereocenters. The van der Waals surface area contributed by atoms with E-state index in [1.54, 1.807) is 18.3 Å². The van der Waals surface area contributed by atoms with E-state index in [0.717, 1.165) is 0 Å². The Bertz CT molecular complexity index is 344. The SMILES string of the molecule is C=CCOC(C)CNc1nccc(OCC)n1. The van der Waals surface area contributed by atoms with Crippen molar-refractivity contribution in [2.45, 2.75) is 20.0 Å². The van der Waals surface area contributed by atoms with Crippen molar-refractivity contribution in [3.8, 4) is 5.88 Å². The Kier molecular flexibility index (Phi) is 6.03. The number of nitrogens with one attached hydrogen (secondary N) is 1. The van der Waals surface area contributed by atoms with Crippen molar-refractivity contribution in [3.05, 3.63) is 24.9 Å². The first-order chi connectivity index (χ1) is 8.26. The third kappa shape index (κ3) is 5.31. The summed E-state index contributed by atoms with van der Waals surface area (Å²) < 4.78 is 10.7. The van der Waals surface area contributed by atoms with Gasteiger partial charge in [0.2, 0.25) is 11.8 Å². The van der Waals surface area contributed by atoms with E-state index in [2.05, 4.69) is 21.9 Å². The van der Waals surface area contributed by atoms with Crippen LogP contribution in [0.3, 0.4) is 0 Å². The molecule has 5 nitrogen and oxygen atoms in total. The second-order valence-electron chi connectivity index (χ2n) is 3.47. The molecule has 0 saturated heterocycles. The van der Waals surface area contributed by atoms with Crippen LogP contribution in [-0.4, -0.2) is 35.8 Å². The van der Waals surface area contributed by atoms with Gasteiger partial charge < -0.3 is 14.8 Å². The molecule has 0 bridgehead atoms. The van der Waals surface area contributed by atoms with Gasteiger partial charge in [-0.25, -0.2) is 4.98 Å². The van der Waals surface area contributed by atoms with Gasteiger partial charge in [-0.05, 0) is 13.8 Å². The van der Waals surface area contributed by atoms with Crippen LogP contribution >= 0.6 is 0 Å². The first kappa shape index (κ1) is 13.4. The van der Waals surface area contributed by atoms with Gasteiger partial charge in [-0.2, -0.15) is 4.98 Å². The minimum Gasteiger partial charge on any atom is -0.478 e. The monoisotopic (exact) mass is 237 g/mol. The van der Waals surface area contributed by atoms with E-state index in [1.807, 2.05) is 13.8 Å². The molecule has 1 unspecified atom stereocenters. The molecule has 1 N–H and O–H groups in total. The molecule has 1 rings (SSSR count). The fraction of sp³-hybridized carbons (Fsp3) is 0.500. The van der Waals surface area contributed by atoms with Crippen LogP contribution in [0.1, 0.15) is 13.8 Å². The molecule has 0 radical (unpaired) electrons. The normalized spacial score (nSPS) is 11.9. The highest BCUT2D eigenvalue weighted by Gasteiger charge is 2.03. The summed E-state index contributed by atoms with van der Waals surface area (Å²) in [5.74, 6) is 1.12. The van der Waals surface area contributed by atoms with Crippen LogP contribution < -0.4 is 10.1 Å². The van der Waals surface area contributed by atoms with Crippen LogP contribution in [0.25, 0.3) is 0 Å². The fourth-order valence-electron chi connectivity index (χ4n) is 1.18. The lowest BCUT2D eigenvalue weighted by molar-refractivity contribution is 0.0978. The van der Waals surface area contributed by atoms with Gasteiger partial charge in [-0.15, -0.1) is 6.58 Å². The molecular formula is C12H19N3O2. The van der Waals surface area contributed by atoms with E-state index in [-0.39, 0.29) is 6.10 Å². The van der Waals surface area contributed by atoms with E-state index in [9.17, 15) is 0 Å². The summed E-state index contributed by atoms with van der Waals surface area (Å²) in [6, 6.07) is 1.73. The van der Waals surface area contributed by atoms with Crippen molar-refractivity contribution in [2.75, 3.05) is 25.1 Å². The van der Waals surface area contributed by atoms with Gasteiger partial charge in [0.1, 0.15) is 0 Å². The van der Waals surface area contributed by atoms with Crippen molar-refractivity contribution in [3.63, 3.8) is 0 Å². The molecule has 0 aromatic carbocycles. The molecule has 1 aromatic rings. The lowest BCUT2D eigenvalue weighted by atomic mass is 10.4. The summed E-state index contributed by atoms with van der Waals surface area (Å²) in [6.07, 6.45) is 3.46. The third-order valence-electron chi connectivity index (χ3n) is 1.97. The Balaban J connectivity index is 2.40. The Hall–Kier alpha value is -1.62. The smallest absolute Gasteiger partial charge is 0.226 e. The predicted molar refractivity (Wildman–Crippen MR) is 67.3 cm³/mol. The first-order valence-electron chi connectivity index (χ1n) is 5.68. The second-order valence-corrected chi connectivity index (χ2v) is 3.47. The summed E-state index contributed by atoms with van der Waals surface area (Å²) in [5, 5.41) is 3.09. The lowest BCUT2D eigenvalue weighted by Gasteiger charge is -2.12. The van der Waals surface area contributed by atoms with E-state index < -0.39 is 0 Å². The molecule has 0 aliphatic carbocycles. The molecule has 0 aliphatic heterocycles. The second kappa shape index (κ2) is 7.62. The number of aromatic nitrogens is 2. The van der Waals surface area contributed by atoms with Gasteiger partial charge >= 0.3 is 0 Å². The van der Waals surface area contributed by atoms with Gasteiger partial charge in [-0.1, -0.05) is 6.08 Å². The molecule has 0 fully saturated rings. The molecule has 94 valence electrons. The number of rotatable bonds is 8. The van der Waals surface area contributed by atoms with E-state index in [0.29, 0.717) is 31.6 Å². The lowest BCUT2D eigenvalue weighted by Crippen LogP contribution is -2.21. The molecular weight excluding hydrogens is 218 g/mol. The molecule has 5 heteroatoms. The van der Waals surface area contributed by atoms with Crippen molar-refractivity contribution < 1.29 is 9.47 Å². The molecule has 1 aromatic heterocycles. The summed E-state index contributed by atoms with van der Waals surface area (Å²) >= 11 is 0. The Morgan fingerprint density at radius 2 is 2.41 bits per heavy atom. The van der Waals surface area contributed by atoms with Crippen LogP contribution in [0.2, 0.25) is 0 Å². The minimum absolute atomic E-state index is 0.0762. The van der Waals surface area contributed by atoms with Gasteiger partial charge in [0.15, 0.2) is 0 Å². The van der Waals surface area contributed by atoms with Crippen LogP contribution in [0, 0.1) is 0 Å². The van der Waals surface area contributed by atoms with Gasteiger partial charge in [-0.3, -0.25) is 0 Å². The Morgan fingerprint density at radius 1 is 1.59 bits per heavy atom. The van der Waals surface area contributed by atoms with Gasteiger partial charge in [0, 0.05) is 18.8 Å². The Morgan fingerprint density at radius 3 is 3.12 bits per heavy atom. The van der Waals surface area contributed by atoms with Crippen molar-refractivity contribution >= 4 is 5.95 Å². The number of hydrogen-bond donors (Lipinski definition) is 1. The molecule has 0 saturated carbocycles. The average molecular weight is 237 g/mol. The highest BCUT2D eigenvalue weighted by atomic mass is 16.5. The summed E-state index contributed by atoms with van der Waals surface area (Å²) in [4.78, 5) is 8.29. The predicted octanol–water partition coefficient (Wildman–Crippen LogP) is 1.88. The van der Waals surface area contributed by atoms with Crippen LogP contribution in [-0.2, 0) is 4.74 Å². The maximum Gasteiger partial charge on any atom is 0.226 e. The zero-order valence-corrected chi connectivity index (χ0v) is 10.3. The van der Waals surface area contributed by atoms with Crippen molar-refractivity contribution in [1.29, 1.82) is 0 Å². The number of anilines is 1. The maximum atomic E-state index is 5.42. The largest absolute Gasteiger partial charge is 0.478 e. The van der Waals surface area contributed by atoms with E-state index >= 15 is 0 Å². The average Bonchev–Trinajstić information content (AvgIpc) is 2.35. The van der Waals surface area contributed by atoms with Crippen molar-refractivity contribution in [2.24, 2.45) is 0 Å². The summed E-state index contributed by atoms with van der Waals surface area (Å²) in [7, 11) is 0. The quantitative estimate of drug-likeness (QED) is 0.700. The molecule has 17 heavy (non-hydrogen) atoms. The standard InChI is InChI=1S/C12H19N3O2/c1-4-8-17-10(3)9-14-12-13-7-6-11(15-12)16-5-2/h4,6-7,10H,1,5,8-9H2,2-3H3,(H,13,14,15). The zero-order valence-electron chi connectivity index (χ0n) is 10.3. The van der Waals surface area contributed by atoms with E-state index in [1.165, 1.54) is 0 Å². The molecule has 0 aliphatic rings. The van der Waals surface area contributed by atoms with Crippen LogP contribution in [0.15, 0.2) is 24.9 Å². The summed E-state index contributed by atoms with van der Waals surface area (Å²) in [5.41, 5.74) is 0. The van der Waals surface area contributed by atoms with Crippen LogP contribution in [0.5, 0.6) is 5.88 Å². The summed E-state index contributed by atoms with van der Waals surface area (Å²) in [6.45, 7) is 9.27. The first-order valence-corrected chi connectivity index (χ1v) is 5.68. The highest BCUT2D eigenvalue weighted by Crippen LogP contribution is 2.08. The Labute approximate surface area is 102 Å². The molecule has 0 spiro atoms. The van der Waals surface area contributed by atoms with Crippen LogP contribution in [0.4, 0.5) is 5.95 Å². The number of ether oxygens (including phenoxy) is 2. The maximum absolute atomic E-state index is 5.42. The van der Waals surface area contributed by atoms with Gasteiger partial charge in [0.25, 0.3) is 0 Å². The van der Waals surface area contributed by atoms with E-state index in [4.69, 9.17) is 9.47 Å². The fourth-order valence-corrected chi connectivity index (χ4v) is 1.18.